The molecule has 162 valence electrons. The van der Waals surface area contributed by atoms with Crippen LogP contribution < -0.4 is 10.0 Å². The van der Waals surface area contributed by atoms with Gasteiger partial charge in [0.25, 0.3) is 0 Å². The quantitative estimate of drug-likeness (QED) is 0.675. The molecule has 1 aliphatic rings. The zero-order valence-electron chi connectivity index (χ0n) is 17.8. The number of benzene rings is 2. The fraction of sp³-hybridized carbons (Fsp3) is 0.435. The summed E-state index contributed by atoms with van der Waals surface area (Å²) < 4.78 is 34.7. The minimum Gasteiger partial charge on any atom is -0.376 e. The Balaban J connectivity index is 1.82. The van der Waals surface area contributed by atoms with Gasteiger partial charge in [0.05, 0.1) is 11.0 Å². The Labute approximate surface area is 179 Å². The molecule has 2 N–H and O–H groups in total. The standard InChI is InChI=1S/C23H30N2O4S/c1-16-12-17(2)22(18(3)13-16)30(27,28)25-21(14-19-8-5-4-6-9-19)23(26)24-15-20-10-7-11-29-20/h4-6,8-9,12-13,20-21,25H,7,10-11,14-15H2,1-3H3,(H,24,26)/t20-,21+/m1/s1. The van der Waals surface area contributed by atoms with Crippen LogP contribution in [0.4, 0.5) is 0 Å². The first kappa shape index (κ1) is 22.5. The average molecular weight is 431 g/mol. The SMILES string of the molecule is Cc1cc(C)c(S(=O)(=O)N[C@@H](Cc2ccccc2)C(=O)NC[C@H]2CCCO2)c(C)c1. The lowest BCUT2D eigenvalue weighted by atomic mass is 10.1. The van der Waals surface area contributed by atoms with Gasteiger partial charge in [-0.3, -0.25) is 4.79 Å². The molecule has 0 aromatic heterocycles. The number of nitrogens with one attached hydrogen (secondary N) is 2. The molecule has 30 heavy (non-hydrogen) atoms. The van der Waals surface area contributed by atoms with E-state index in [9.17, 15) is 13.2 Å². The van der Waals surface area contributed by atoms with E-state index in [1.165, 1.54) is 0 Å². The summed E-state index contributed by atoms with van der Waals surface area (Å²) in [7, 11) is -3.88. The van der Waals surface area contributed by atoms with Crippen LogP contribution in [0.2, 0.25) is 0 Å². The predicted molar refractivity (Wildman–Crippen MR) is 117 cm³/mol. The average Bonchev–Trinajstić information content (AvgIpc) is 3.18. The van der Waals surface area contributed by atoms with Crippen LogP contribution in [0.3, 0.4) is 0 Å². The number of hydrogen-bond acceptors (Lipinski definition) is 4. The maximum Gasteiger partial charge on any atom is 0.241 e. The van der Waals surface area contributed by atoms with Crippen LogP contribution in [0.15, 0.2) is 47.4 Å². The van der Waals surface area contributed by atoms with Gasteiger partial charge in [-0.2, -0.15) is 4.72 Å². The number of carbonyl (C=O) groups is 1. The lowest BCUT2D eigenvalue weighted by Crippen LogP contribution is -2.49. The third-order valence-corrected chi connectivity index (χ3v) is 7.07. The maximum absolute atomic E-state index is 13.2. The minimum atomic E-state index is -3.88. The highest BCUT2D eigenvalue weighted by molar-refractivity contribution is 7.89. The molecule has 1 saturated heterocycles. The number of rotatable bonds is 8. The Morgan fingerprint density at radius 2 is 1.80 bits per heavy atom. The Morgan fingerprint density at radius 3 is 2.40 bits per heavy atom. The minimum absolute atomic E-state index is 0.00970. The van der Waals surface area contributed by atoms with E-state index in [1.54, 1.807) is 13.8 Å². The van der Waals surface area contributed by atoms with Gasteiger partial charge in [0.15, 0.2) is 0 Å². The van der Waals surface area contributed by atoms with E-state index < -0.39 is 16.1 Å². The summed E-state index contributed by atoms with van der Waals surface area (Å²) in [5.41, 5.74) is 3.21. The van der Waals surface area contributed by atoms with Crippen molar-refractivity contribution in [3.05, 3.63) is 64.7 Å². The van der Waals surface area contributed by atoms with E-state index in [1.807, 2.05) is 49.4 Å². The summed E-state index contributed by atoms with van der Waals surface area (Å²) in [4.78, 5) is 13.2. The second kappa shape index (κ2) is 9.73. The van der Waals surface area contributed by atoms with Crippen molar-refractivity contribution in [2.45, 2.75) is 57.1 Å². The van der Waals surface area contributed by atoms with Crippen molar-refractivity contribution in [2.24, 2.45) is 0 Å². The van der Waals surface area contributed by atoms with E-state index in [0.29, 0.717) is 24.3 Å². The molecular weight excluding hydrogens is 400 g/mol. The smallest absolute Gasteiger partial charge is 0.241 e. The Kier molecular flexibility index (Phi) is 7.28. The summed E-state index contributed by atoms with van der Waals surface area (Å²) in [6.07, 6.45) is 2.13. The number of aryl methyl sites for hydroxylation is 3. The van der Waals surface area contributed by atoms with Gasteiger partial charge in [-0.15, -0.1) is 0 Å². The summed E-state index contributed by atoms with van der Waals surface area (Å²) in [6, 6.07) is 12.2. The summed E-state index contributed by atoms with van der Waals surface area (Å²) in [5.74, 6) is -0.347. The Hall–Kier alpha value is -2.22. The second-order valence-corrected chi connectivity index (χ2v) is 9.62. The normalized spacial score (nSPS) is 17.6. The summed E-state index contributed by atoms with van der Waals surface area (Å²) >= 11 is 0. The van der Waals surface area contributed by atoms with Gasteiger partial charge in [0.1, 0.15) is 6.04 Å². The highest BCUT2D eigenvalue weighted by atomic mass is 32.2. The van der Waals surface area contributed by atoms with Crippen LogP contribution in [-0.4, -0.2) is 39.6 Å². The predicted octanol–water partition coefficient (Wildman–Crippen LogP) is 2.80. The molecule has 0 saturated carbocycles. The maximum atomic E-state index is 13.2. The van der Waals surface area contributed by atoms with Crippen molar-refractivity contribution >= 4 is 15.9 Å². The molecule has 1 aliphatic heterocycles. The first-order valence-corrected chi connectivity index (χ1v) is 11.8. The Morgan fingerprint density at radius 1 is 1.13 bits per heavy atom. The van der Waals surface area contributed by atoms with Crippen molar-refractivity contribution in [1.29, 1.82) is 0 Å². The summed E-state index contributed by atoms with van der Waals surface area (Å²) in [6.45, 7) is 6.57. The molecule has 0 radical (unpaired) electrons. The molecule has 0 unspecified atom stereocenters. The van der Waals surface area contributed by atoms with Crippen LogP contribution in [0.25, 0.3) is 0 Å². The fourth-order valence-electron chi connectivity index (χ4n) is 4.02. The first-order valence-electron chi connectivity index (χ1n) is 10.3. The molecule has 0 aliphatic carbocycles. The van der Waals surface area contributed by atoms with E-state index >= 15 is 0 Å². The molecule has 1 fully saturated rings. The number of carbonyl (C=O) groups excluding carboxylic acids is 1. The highest BCUT2D eigenvalue weighted by Gasteiger charge is 2.29. The lowest BCUT2D eigenvalue weighted by Gasteiger charge is -2.21. The van der Waals surface area contributed by atoms with Crippen LogP contribution in [0.5, 0.6) is 0 Å². The number of hydrogen-bond donors (Lipinski definition) is 2. The lowest BCUT2D eigenvalue weighted by molar-refractivity contribution is -0.123. The van der Waals surface area contributed by atoms with Gasteiger partial charge in [-0.05, 0) is 56.7 Å². The number of ether oxygens (including phenoxy) is 1. The van der Waals surface area contributed by atoms with Crippen LogP contribution >= 0.6 is 0 Å². The van der Waals surface area contributed by atoms with Gasteiger partial charge in [0, 0.05) is 13.2 Å². The monoisotopic (exact) mass is 430 g/mol. The number of amides is 1. The molecule has 1 amide bonds. The molecule has 3 rings (SSSR count). The van der Waals surface area contributed by atoms with Gasteiger partial charge >= 0.3 is 0 Å². The molecule has 2 atom stereocenters. The van der Waals surface area contributed by atoms with Gasteiger partial charge < -0.3 is 10.1 Å². The van der Waals surface area contributed by atoms with E-state index in [0.717, 1.165) is 24.0 Å². The molecule has 7 heteroatoms. The zero-order chi connectivity index (χ0) is 21.7. The van der Waals surface area contributed by atoms with Gasteiger partial charge in [-0.1, -0.05) is 48.0 Å². The van der Waals surface area contributed by atoms with Crippen LogP contribution in [0, 0.1) is 20.8 Å². The third-order valence-electron chi connectivity index (χ3n) is 5.30. The molecule has 6 nitrogen and oxygen atoms in total. The van der Waals surface area contributed by atoms with Crippen LogP contribution in [-0.2, 0) is 26.0 Å². The molecule has 2 aromatic carbocycles. The van der Waals surface area contributed by atoms with Crippen molar-refractivity contribution < 1.29 is 17.9 Å². The molecule has 0 spiro atoms. The molecule has 1 heterocycles. The molecule has 2 aromatic rings. The van der Waals surface area contributed by atoms with E-state index in [2.05, 4.69) is 10.0 Å². The molecule has 0 bridgehead atoms. The van der Waals surface area contributed by atoms with Crippen molar-refractivity contribution in [1.82, 2.24) is 10.0 Å². The van der Waals surface area contributed by atoms with Gasteiger partial charge in [-0.25, -0.2) is 8.42 Å². The molecular formula is C23H30N2O4S. The first-order chi connectivity index (χ1) is 14.3. The topological polar surface area (TPSA) is 84.5 Å². The Bertz CT molecular complexity index is 961. The van der Waals surface area contributed by atoms with E-state index in [-0.39, 0.29) is 23.3 Å². The van der Waals surface area contributed by atoms with Crippen LogP contribution in [0.1, 0.15) is 35.1 Å². The van der Waals surface area contributed by atoms with E-state index in [4.69, 9.17) is 4.74 Å². The van der Waals surface area contributed by atoms with Crippen molar-refractivity contribution in [3.63, 3.8) is 0 Å². The highest BCUT2D eigenvalue weighted by Crippen LogP contribution is 2.22. The number of sulfonamides is 1. The third kappa shape index (κ3) is 5.68. The second-order valence-electron chi connectivity index (χ2n) is 7.97. The van der Waals surface area contributed by atoms with Gasteiger partial charge in [0.2, 0.25) is 15.9 Å². The summed E-state index contributed by atoms with van der Waals surface area (Å²) in [5, 5.41) is 2.87. The zero-order valence-corrected chi connectivity index (χ0v) is 18.6. The fourth-order valence-corrected chi connectivity index (χ4v) is 5.67. The van der Waals surface area contributed by atoms with Crippen molar-refractivity contribution in [3.8, 4) is 0 Å². The largest absolute Gasteiger partial charge is 0.376 e. The van der Waals surface area contributed by atoms with Crippen molar-refractivity contribution in [2.75, 3.05) is 13.2 Å².